The van der Waals surface area contributed by atoms with E-state index in [1.807, 2.05) is 27.7 Å². The molecule has 0 fully saturated rings. The summed E-state index contributed by atoms with van der Waals surface area (Å²) < 4.78 is 17.3. The van der Waals surface area contributed by atoms with Crippen molar-refractivity contribution in [2.75, 3.05) is 19.8 Å². The minimum atomic E-state index is -2.55. The van der Waals surface area contributed by atoms with Gasteiger partial charge in [0.05, 0.1) is 0 Å². The molecule has 0 aromatic heterocycles. The summed E-state index contributed by atoms with van der Waals surface area (Å²) in [5.74, 6) is 0. The molecule has 0 heterocycles. The molecule has 110 valence electrons. The molecule has 0 saturated heterocycles. The molecule has 0 radical (unpaired) electrons. The largest absolute Gasteiger partial charge is 0.500 e. The summed E-state index contributed by atoms with van der Waals surface area (Å²) in [6, 6.07) is 0.738. The highest BCUT2D eigenvalue weighted by Crippen LogP contribution is 2.19. The standard InChI is InChI=1S/C12H30N2O3Si/c1-5-11(13)12(14)9-10-18(15-6-2,16-7-3)17-8-4/h11-12H,5-10,13-14H2,1-4H3. The van der Waals surface area contributed by atoms with Crippen molar-refractivity contribution >= 4 is 8.80 Å². The van der Waals surface area contributed by atoms with Gasteiger partial charge in [0.15, 0.2) is 0 Å². The van der Waals surface area contributed by atoms with Crippen LogP contribution in [0.2, 0.25) is 6.04 Å². The molecule has 2 unspecified atom stereocenters. The lowest BCUT2D eigenvalue weighted by atomic mass is 10.1. The predicted octanol–water partition coefficient (Wildman–Crippen LogP) is 1.49. The summed E-state index contributed by atoms with van der Waals surface area (Å²) in [4.78, 5) is 0. The third-order valence-corrected chi connectivity index (χ3v) is 5.98. The van der Waals surface area contributed by atoms with Crippen molar-refractivity contribution in [3.05, 3.63) is 0 Å². The van der Waals surface area contributed by atoms with E-state index in [1.165, 1.54) is 0 Å². The van der Waals surface area contributed by atoms with Gasteiger partial charge in [0.2, 0.25) is 0 Å². The lowest BCUT2D eigenvalue weighted by Gasteiger charge is -2.30. The van der Waals surface area contributed by atoms with Gasteiger partial charge in [0.1, 0.15) is 0 Å². The van der Waals surface area contributed by atoms with Gasteiger partial charge in [-0.1, -0.05) is 6.92 Å². The monoisotopic (exact) mass is 278 g/mol. The molecular weight excluding hydrogens is 248 g/mol. The van der Waals surface area contributed by atoms with Gasteiger partial charge < -0.3 is 24.7 Å². The van der Waals surface area contributed by atoms with E-state index < -0.39 is 8.80 Å². The Labute approximate surface area is 113 Å². The Hall–Kier alpha value is 0.0169. The average Bonchev–Trinajstić information content (AvgIpc) is 2.36. The molecule has 0 bridgehead atoms. The molecule has 18 heavy (non-hydrogen) atoms. The molecule has 0 aromatic rings. The lowest BCUT2D eigenvalue weighted by Crippen LogP contribution is -2.49. The molecular formula is C12H30N2O3Si. The molecule has 0 amide bonds. The number of rotatable bonds is 11. The normalized spacial score (nSPS) is 15.7. The van der Waals surface area contributed by atoms with Gasteiger partial charge in [0.25, 0.3) is 0 Å². The zero-order valence-electron chi connectivity index (χ0n) is 12.3. The molecule has 0 spiro atoms. The van der Waals surface area contributed by atoms with Crippen molar-refractivity contribution in [3.63, 3.8) is 0 Å². The first-order valence-electron chi connectivity index (χ1n) is 6.98. The van der Waals surface area contributed by atoms with E-state index in [0.717, 1.165) is 18.9 Å². The van der Waals surface area contributed by atoms with Crippen LogP contribution in [-0.4, -0.2) is 40.7 Å². The first kappa shape index (κ1) is 18.0. The zero-order chi connectivity index (χ0) is 14.0. The van der Waals surface area contributed by atoms with Crippen molar-refractivity contribution in [1.29, 1.82) is 0 Å². The second-order valence-electron chi connectivity index (χ2n) is 4.26. The lowest BCUT2D eigenvalue weighted by molar-refractivity contribution is 0.0701. The molecule has 0 aliphatic carbocycles. The van der Waals surface area contributed by atoms with Crippen LogP contribution in [-0.2, 0) is 13.3 Å². The summed E-state index contributed by atoms with van der Waals surface area (Å²) in [5.41, 5.74) is 12.0. The van der Waals surface area contributed by atoms with Crippen molar-refractivity contribution in [2.24, 2.45) is 11.5 Å². The fourth-order valence-corrected chi connectivity index (χ4v) is 4.55. The number of hydrogen-bond donors (Lipinski definition) is 2. The van der Waals surface area contributed by atoms with Gasteiger partial charge in [-0.2, -0.15) is 0 Å². The van der Waals surface area contributed by atoms with E-state index >= 15 is 0 Å². The SMILES string of the molecule is CCO[Si](CCC(N)C(N)CC)(OCC)OCC. The van der Waals surface area contributed by atoms with Crippen LogP contribution in [0.5, 0.6) is 0 Å². The van der Waals surface area contributed by atoms with Gasteiger partial charge in [-0.15, -0.1) is 0 Å². The van der Waals surface area contributed by atoms with Crippen molar-refractivity contribution < 1.29 is 13.3 Å². The van der Waals surface area contributed by atoms with Gasteiger partial charge in [-0.3, -0.25) is 0 Å². The van der Waals surface area contributed by atoms with Gasteiger partial charge in [0, 0.05) is 37.9 Å². The highest BCUT2D eigenvalue weighted by Gasteiger charge is 2.40. The van der Waals surface area contributed by atoms with E-state index in [9.17, 15) is 0 Å². The van der Waals surface area contributed by atoms with Crippen molar-refractivity contribution in [3.8, 4) is 0 Å². The molecule has 4 N–H and O–H groups in total. The maximum absolute atomic E-state index is 6.05. The molecule has 0 saturated carbocycles. The highest BCUT2D eigenvalue weighted by molar-refractivity contribution is 6.60. The van der Waals surface area contributed by atoms with Crippen LogP contribution in [0.3, 0.4) is 0 Å². The van der Waals surface area contributed by atoms with Crippen LogP contribution in [0.1, 0.15) is 40.5 Å². The fourth-order valence-electron chi connectivity index (χ4n) is 1.86. The predicted molar refractivity (Wildman–Crippen MR) is 76.3 cm³/mol. The summed E-state index contributed by atoms with van der Waals surface area (Å²) in [6.45, 7) is 9.71. The molecule has 5 nitrogen and oxygen atoms in total. The second kappa shape index (κ2) is 9.88. The maximum Gasteiger partial charge on any atom is 0.500 e. The quantitative estimate of drug-likeness (QED) is 0.560. The molecule has 0 aliphatic rings. The first-order valence-corrected chi connectivity index (χ1v) is 8.91. The molecule has 0 aromatic carbocycles. The highest BCUT2D eigenvalue weighted by atomic mass is 28.4. The van der Waals surface area contributed by atoms with Crippen LogP contribution < -0.4 is 11.5 Å². The molecule has 2 atom stereocenters. The Morgan fingerprint density at radius 1 is 0.833 bits per heavy atom. The van der Waals surface area contributed by atoms with E-state index in [1.54, 1.807) is 0 Å². The van der Waals surface area contributed by atoms with Crippen LogP contribution in [0.25, 0.3) is 0 Å². The first-order chi connectivity index (χ1) is 8.55. The van der Waals surface area contributed by atoms with Gasteiger partial charge in [-0.25, -0.2) is 0 Å². The number of nitrogens with two attached hydrogens (primary N) is 2. The number of hydrogen-bond acceptors (Lipinski definition) is 5. The summed E-state index contributed by atoms with van der Waals surface area (Å²) in [5, 5.41) is 0. The van der Waals surface area contributed by atoms with Crippen LogP contribution >= 0.6 is 0 Å². The van der Waals surface area contributed by atoms with Crippen LogP contribution in [0.15, 0.2) is 0 Å². The van der Waals surface area contributed by atoms with E-state index in [0.29, 0.717) is 19.8 Å². The second-order valence-corrected chi connectivity index (χ2v) is 6.99. The van der Waals surface area contributed by atoms with E-state index in [2.05, 4.69) is 0 Å². The zero-order valence-corrected chi connectivity index (χ0v) is 13.3. The smallest absolute Gasteiger partial charge is 0.374 e. The Morgan fingerprint density at radius 2 is 1.28 bits per heavy atom. The molecule has 6 heteroatoms. The fraction of sp³-hybridized carbons (Fsp3) is 1.00. The minimum absolute atomic E-state index is 0.0248. The van der Waals surface area contributed by atoms with Crippen molar-refractivity contribution in [2.45, 2.75) is 58.7 Å². The topological polar surface area (TPSA) is 79.7 Å². The summed E-state index contributed by atoms with van der Waals surface area (Å²) in [6.07, 6.45) is 1.66. The third-order valence-electron chi connectivity index (χ3n) is 2.90. The maximum atomic E-state index is 6.05. The average molecular weight is 278 g/mol. The Morgan fingerprint density at radius 3 is 1.61 bits per heavy atom. The minimum Gasteiger partial charge on any atom is -0.374 e. The Bertz CT molecular complexity index is 191. The summed E-state index contributed by atoms with van der Waals surface area (Å²) in [7, 11) is -2.55. The van der Waals surface area contributed by atoms with Gasteiger partial charge >= 0.3 is 8.80 Å². The Kier molecular flexibility index (Phi) is 9.89. The van der Waals surface area contributed by atoms with Gasteiger partial charge in [-0.05, 0) is 33.6 Å². The van der Waals surface area contributed by atoms with Crippen LogP contribution in [0, 0.1) is 0 Å². The Balaban J connectivity index is 4.45. The molecule has 0 rings (SSSR count). The summed E-state index contributed by atoms with van der Waals surface area (Å²) >= 11 is 0. The van der Waals surface area contributed by atoms with Crippen LogP contribution in [0.4, 0.5) is 0 Å². The molecule has 0 aliphatic heterocycles. The third kappa shape index (κ3) is 6.26. The van der Waals surface area contributed by atoms with E-state index in [-0.39, 0.29) is 12.1 Å². The van der Waals surface area contributed by atoms with E-state index in [4.69, 9.17) is 24.7 Å². The van der Waals surface area contributed by atoms with Crippen molar-refractivity contribution in [1.82, 2.24) is 0 Å².